The fourth-order valence-corrected chi connectivity index (χ4v) is 2.42. The van der Waals surface area contributed by atoms with Crippen molar-refractivity contribution in [3.05, 3.63) is 30.0 Å². The van der Waals surface area contributed by atoms with E-state index >= 15 is 0 Å². The Hall–Kier alpha value is -1.49. The number of benzene rings is 1. The summed E-state index contributed by atoms with van der Waals surface area (Å²) in [5.41, 5.74) is 1.35. The van der Waals surface area contributed by atoms with E-state index in [0.717, 1.165) is 5.52 Å². The van der Waals surface area contributed by atoms with Crippen LogP contribution in [0.5, 0.6) is 5.75 Å². The van der Waals surface area contributed by atoms with Crippen LogP contribution in [-0.4, -0.2) is 24.8 Å². The predicted molar refractivity (Wildman–Crippen MR) is 58.5 cm³/mol. The summed E-state index contributed by atoms with van der Waals surface area (Å²) in [5, 5.41) is 10.2. The number of sulfone groups is 1. The normalized spacial score (nSPS) is 12.1. The molecule has 0 spiro atoms. The van der Waals surface area contributed by atoms with Gasteiger partial charge in [0.2, 0.25) is 0 Å². The molecule has 0 radical (unpaired) electrons. The molecule has 0 aliphatic carbocycles. The van der Waals surface area contributed by atoms with Crippen molar-refractivity contribution in [2.45, 2.75) is 5.75 Å². The Kier molecular flexibility index (Phi) is 2.19. The summed E-state index contributed by atoms with van der Waals surface area (Å²) in [6.07, 6.45) is 2.79. The molecule has 0 aliphatic rings. The number of H-pyrrole nitrogens is 1. The molecule has 0 saturated heterocycles. The maximum atomic E-state index is 11.2. The molecule has 15 heavy (non-hydrogen) atoms. The van der Waals surface area contributed by atoms with Crippen molar-refractivity contribution in [3.63, 3.8) is 0 Å². The molecule has 0 fully saturated rings. The number of phenolic OH excluding ortho intramolecular Hbond substituents is 1. The number of aromatic nitrogens is 1. The van der Waals surface area contributed by atoms with Crippen molar-refractivity contribution in [1.82, 2.24) is 4.98 Å². The summed E-state index contributed by atoms with van der Waals surface area (Å²) in [6, 6.07) is 5.04. The molecule has 0 aliphatic heterocycles. The molecule has 1 heterocycles. The van der Waals surface area contributed by atoms with Crippen LogP contribution < -0.4 is 0 Å². The van der Waals surface area contributed by atoms with Gasteiger partial charge in [-0.15, -0.1) is 0 Å². The van der Waals surface area contributed by atoms with Gasteiger partial charge in [-0.3, -0.25) is 0 Å². The van der Waals surface area contributed by atoms with Crippen LogP contribution in [0.2, 0.25) is 0 Å². The average molecular weight is 225 g/mol. The fraction of sp³-hybridized carbons (Fsp3) is 0.200. The van der Waals surface area contributed by atoms with Crippen molar-refractivity contribution >= 4 is 20.7 Å². The summed E-state index contributed by atoms with van der Waals surface area (Å²) in [6.45, 7) is 0. The van der Waals surface area contributed by atoms with Crippen molar-refractivity contribution in [2.24, 2.45) is 0 Å². The second kappa shape index (κ2) is 3.27. The highest BCUT2D eigenvalue weighted by Crippen LogP contribution is 2.28. The summed E-state index contributed by atoms with van der Waals surface area (Å²) in [5.74, 6) is 0.0392. The third kappa shape index (κ3) is 1.97. The third-order valence-electron chi connectivity index (χ3n) is 2.18. The van der Waals surface area contributed by atoms with Gasteiger partial charge in [0.15, 0.2) is 9.84 Å². The second-order valence-corrected chi connectivity index (χ2v) is 5.72. The van der Waals surface area contributed by atoms with Gasteiger partial charge in [-0.1, -0.05) is 6.07 Å². The van der Waals surface area contributed by atoms with E-state index < -0.39 is 9.84 Å². The molecule has 2 N–H and O–H groups in total. The van der Waals surface area contributed by atoms with Crippen LogP contribution in [0.25, 0.3) is 10.9 Å². The minimum atomic E-state index is -3.09. The number of phenols is 1. The van der Waals surface area contributed by atoms with E-state index in [1.54, 1.807) is 24.4 Å². The molecule has 2 aromatic rings. The largest absolute Gasteiger partial charge is 0.507 e. The zero-order valence-electron chi connectivity index (χ0n) is 8.19. The lowest BCUT2D eigenvalue weighted by atomic mass is 10.2. The molecular formula is C10H11NO3S. The van der Waals surface area contributed by atoms with Crippen molar-refractivity contribution in [2.75, 3.05) is 6.26 Å². The second-order valence-electron chi connectivity index (χ2n) is 3.58. The molecule has 5 heteroatoms. The third-order valence-corrected chi connectivity index (χ3v) is 3.02. The van der Waals surface area contributed by atoms with Crippen LogP contribution in [0.15, 0.2) is 24.4 Å². The summed E-state index contributed by atoms with van der Waals surface area (Å²) in [7, 11) is -3.09. The summed E-state index contributed by atoms with van der Waals surface area (Å²) < 4.78 is 22.3. The predicted octanol–water partition coefficient (Wildman–Crippen LogP) is 1.42. The van der Waals surface area contributed by atoms with Gasteiger partial charge in [0, 0.05) is 23.4 Å². The van der Waals surface area contributed by atoms with E-state index in [2.05, 4.69) is 4.98 Å². The highest BCUT2D eigenvalue weighted by Gasteiger charge is 2.12. The van der Waals surface area contributed by atoms with Gasteiger partial charge in [-0.25, -0.2) is 8.42 Å². The SMILES string of the molecule is CS(=O)(=O)Cc1c[nH]c2cccc(O)c12. The number of hydrogen-bond acceptors (Lipinski definition) is 3. The molecule has 80 valence electrons. The summed E-state index contributed by atoms with van der Waals surface area (Å²) in [4.78, 5) is 2.93. The molecule has 1 aromatic carbocycles. The molecule has 1 aromatic heterocycles. The van der Waals surface area contributed by atoms with E-state index in [1.807, 2.05) is 0 Å². The van der Waals surface area contributed by atoms with Gasteiger partial charge < -0.3 is 10.1 Å². The van der Waals surface area contributed by atoms with Crippen LogP contribution in [0, 0.1) is 0 Å². The maximum Gasteiger partial charge on any atom is 0.151 e. The van der Waals surface area contributed by atoms with E-state index in [4.69, 9.17) is 0 Å². The van der Waals surface area contributed by atoms with Crippen LogP contribution in [0.3, 0.4) is 0 Å². The minimum absolute atomic E-state index is 0.0649. The highest BCUT2D eigenvalue weighted by atomic mass is 32.2. The Labute approximate surface area is 87.5 Å². The van der Waals surface area contributed by atoms with Gasteiger partial charge in [0.25, 0.3) is 0 Å². The average Bonchev–Trinajstić information content (AvgIpc) is 2.47. The van der Waals surface area contributed by atoms with Gasteiger partial charge in [0.05, 0.1) is 5.75 Å². The van der Waals surface area contributed by atoms with Crippen molar-refractivity contribution < 1.29 is 13.5 Å². The lowest BCUT2D eigenvalue weighted by Gasteiger charge is -1.99. The lowest BCUT2D eigenvalue weighted by Crippen LogP contribution is -1.99. The number of aromatic amines is 1. The van der Waals surface area contributed by atoms with E-state index in [9.17, 15) is 13.5 Å². The number of rotatable bonds is 2. The lowest BCUT2D eigenvalue weighted by molar-refractivity contribution is 0.481. The zero-order valence-corrected chi connectivity index (χ0v) is 9.00. The monoisotopic (exact) mass is 225 g/mol. The first-order valence-electron chi connectivity index (χ1n) is 4.43. The minimum Gasteiger partial charge on any atom is -0.507 e. The van der Waals surface area contributed by atoms with E-state index in [0.29, 0.717) is 10.9 Å². The van der Waals surface area contributed by atoms with Crippen LogP contribution in [0.4, 0.5) is 0 Å². The Bertz CT molecular complexity index is 598. The standard InChI is InChI=1S/C10H11NO3S/c1-15(13,14)6-7-5-11-8-3-2-4-9(12)10(7)8/h2-5,11-12H,6H2,1H3. The number of fused-ring (bicyclic) bond motifs is 1. The van der Waals surface area contributed by atoms with Crippen LogP contribution in [-0.2, 0) is 15.6 Å². The van der Waals surface area contributed by atoms with Crippen LogP contribution >= 0.6 is 0 Å². The molecule has 2 rings (SSSR count). The number of nitrogens with one attached hydrogen (secondary N) is 1. The Morgan fingerprint density at radius 2 is 2.13 bits per heavy atom. The topological polar surface area (TPSA) is 70.2 Å². The Morgan fingerprint density at radius 3 is 2.80 bits per heavy atom. The molecule has 0 amide bonds. The number of hydrogen-bond donors (Lipinski definition) is 2. The maximum absolute atomic E-state index is 11.2. The fourth-order valence-electron chi connectivity index (χ4n) is 1.63. The first kappa shape index (κ1) is 10.0. The van der Waals surface area contributed by atoms with E-state index in [-0.39, 0.29) is 11.5 Å². The molecular weight excluding hydrogens is 214 g/mol. The van der Waals surface area contributed by atoms with Gasteiger partial charge in [-0.05, 0) is 17.7 Å². The first-order valence-corrected chi connectivity index (χ1v) is 6.49. The first-order chi connectivity index (χ1) is 6.97. The molecule has 0 atom stereocenters. The smallest absolute Gasteiger partial charge is 0.151 e. The van der Waals surface area contributed by atoms with Gasteiger partial charge >= 0.3 is 0 Å². The summed E-state index contributed by atoms with van der Waals surface area (Å²) >= 11 is 0. The number of aromatic hydroxyl groups is 1. The quantitative estimate of drug-likeness (QED) is 0.812. The molecule has 0 unspecified atom stereocenters. The van der Waals surface area contributed by atoms with E-state index in [1.165, 1.54) is 6.26 Å². The van der Waals surface area contributed by atoms with Gasteiger partial charge in [-0.2, -0.15) is 0 Å². The van der Waals surface area contributed by atoms with Crippen molar-refractivity contribution in [3.8, 4) is 5.75 Å². The van der Waals surface area contributed by atoms with Crippen LogP contribution in [0.1, 0.15) is 5.56 Å². The van der Waals surface area contributed by atoms with Gasteiger partial charge in [0.1, 0.15) is 5.75 Å². The molecule has 4 nitrogen and oxygen atoms in total. The molecule has 0 bridgehead atoms. The Balaban J connectivity index is 2.63. The zero-order chi connectivity index (χ0) is 11.1. The van der Waals surface area contributed by atoms with Crippen molar-refractivity contribution in [1.29, 1.82) is 0 Å². The highest BCUT2D eigenvalue weighted by molar-refractivity contribution is 7.89. The Morgan fingerprint density at radius 1 is 1.40 bits per heavy atom. The molecule has 0 saturated carbocycles.